The molecular formula is C16H14F3N7O. The molecule has 0 saturated heterocycles. The Bertz CT molecular complexity index is 963. The lowest BCUT2D eigenvalue weighted by molar-refractivity contribution is -0.137. The second-order valence-corrected chi connectivity index (χ2v) is 5.51. The summed E-state index contributed by atoms with van der Waals surface area (Å²) in [5.74, 6) is 0.336. The molecule has 0 bridgehead atoms. The number of amidine groups is 1. The van der Waals surface area contributed by atoms with Crippen LogP contribution >= 0.6 is 0 Å². The third-order valence-electron chi connectivity index (χ3n) is 3.64. The highest BCUT2D eigenvalue weighted by atomic mass is 19.4. The summed E-state index contributed by atoms with van der Waals surface area (Å²) in [6.45, 7) is 0. The van der Waals surface area contributed by atoms with E-state index in [1.54, 1.807) is 25.2 Å². The number of hydrogen-bond donors (Lipinski definition) is 3. The van der Waals surface area contributed by atoms with Crippen LogP contribution in [0.1, 0.15) is 11.3 Å². The Hall–Kier alpha value is -3.63. The molecule has 0 saturated carbocycles. The Labute approximate surface area is 151 Å². The SMILES string of the molecule is Cn1nc(Nc2ccc(C(N)=NO)nc2)cc1-c1ccc(C(F)(F)F)cn1. The summed E-state index contributed by atoms with van der Waals surface area (Å²) < 4.78 is 39.4. The Morgan fingerprint density at radius 2 is 1.96 bits per heavy atom. The first-order valence-corrected chi connectivity index (χ1v) is 7.56. The zero-order chi connectivity index (χ0) is 19.6. The maximum absolute atomic E-state index is 12.6. The van der Waals surface area contributed by atoms with Crippen LogP contribution in [0.2, 0.25) is 0 Å². The van der Waals surface area contributed by atoms with E-state index >= 15 is 0 Å². The lowest BCUT2D eigenvalue weighted by Gasteiger charge is -2.06. The average Bonchev–Trinajstić information content (AvgIpc) is 3.01. The molecule has 0 fully saturated rings. The van der Waals surface area contributed by atoms with Crippen molar-refractivity contribution in [2.45, 2.75) is 6.18 Å². The molecule has 0 aliphatic carbocycles. The van der Waals surface area contributed by atoms with Crippen LogP contribution in [-0.4, -0.2) is 30.8 Å². The summed E-state index contributed by atoms with van der Waals surface area (Å²) in [6, 6.07) is 7.12. The molecule has 27 heavy (non-hydrogen) atoms. The van der Waals surface area contributed by atoms with Gasteiger partial charge in [-0.05, 0) is 24.3 Å². The summed E-state index contributed by atoms with van der Waals surface area (Å²) in [7, 11) is 1.65. The first-order valence-electron chi connectivity index (χ1n) is 7.56. The normalized spacial score (nSPS) is 12.2. The van der Waals surface area contributed by atoms with E-state index in [2.05, 4.69) is 25.5 Å². The van der Waals surface area contributed by atoms with E-state index in [0.717, 1.165) is 12.3 Å². The van der Waals surface area contributed by atoms with E-state index in [0.29, 0.717) is 28.6 Å². The van der Waals surface area contributed by atoms with Crippen LogP contribution in [-0.2, 0) is 13.2 Å². The Morgan fingerprint density at radius 3 is 2.52 bits per heavy atom. The molecule has 3 rings (SSSR count). The molecule has 0 radical (unpaired) electrons. The van der Waals surface area contributed by atoms with Crippen LogP contribution in [0.15, 0.2) is 47.9 Å². The minimum atomic E-state index is -4.44. The fourth-order valence-corrected chi connectivity index (χ4v) is 2.30. The molecule has 3 heterocycles. The Kier molecular flexibility index (Phi) is 4.67. The lowest BCUT2D eigenvalue weighted by Crippen LogP contribution is -2.14. The van der Waals surface area contributed by atoms with E-state index in [4.69, 9.17) is 10.9 Å². The molecule has 140 valence electrons. The predicted octanol–water partition coefficient (Wildman–Crippen LogP) is 2.73. The van der Waals surface area contributed by atoms with E-state index < -0.39 is 11.7 Å². The van der Waals surface area contributed by atoms with Crippen molar-refractivity contribution in [3.8, 4) is 11.4 Å². The summed E-state index contributed by atoms with van der Waals surface area (Å²) in [5.41, 5.74) is 6.41. The number of oxime groups is 1. The number of nitrogens with one attached hydrogen (secondary N) is 1. The molecule has 0 atom stereocenters. The predicted molar refractivity (Wildman–Crippen MR) is 91.5 cm³/mol. The van der Waals surface area contributed by atoms with Gasteiger partial charge in [-0.25, -0.2) is 0 Å². The highest BCUT2D eigenvalue weighted by Gasteiger charge is 2.30. The topological polar surface area (TPSA) is 114 Å². The van der Waals surface area contributed by atoms with Crippen LogP contribution in [0.5, 0.6) is 0 Å². The van der Waals surface area contributed by atoms with E-state index in [9.17, 15) is 13.2 Å². The minimum absolute atomic E-state index is 0.116. The van der Waals surface area contributed by atoms with Gasteiger partial charge in [-0.3, -0.25) is 14.6 Å². The lowest BCUT2D eigenvalue weighted by atomic mass is 10.2. The van der Waals surface area contributed by atoms with Crippen LogP contribution < -0.4 is 11.1 Å². The van der Waals surface area contributed by atoms with Gasteiger partial charge in [0.2, 0.25) is 0 Å². The molecule has 0 unspecified atom stereocenters. The molecule has 11 heteroatoms. The summed E-state index contributed by atoms with van der Waals surface area (Å²) in [5, 5.41) is 18.7. The van der Waals surface area contributed by atoms with Crippen LogP contribution in [0.25, 0.3) is 11.4 Å². The smallest absolute Gasteiger partial charge is 0.409 e. The number of aryl methyl sites for hydroxylation is 1. The monoisotopic (exact) mass is 377 g/mol. The fraction of sp³-hybridized carbons (Fsp3) is 0.125. The number of alkyl halides is 3. The van der Waals surface area contributed by atoms with Gasteiger partial charge in [0.1, 0.15) is 5.69 Å². The van der Waals surface area contributed by atoms with Gasteiger partial charge in [-0.15, -0.1) is 0 Å². The molecule has 3 aromatic rings. The fourth-order valence-electron chi connectivity index (χ4n) is 2.30. The van der Waals surface area contributed by atoms with Gasteiger partial charge in [-0.2, -0.15) is 18.3 Å². The zero-order valence-electron chi connectivity index (χ0n) is 13.9. The van der Waals surface area contributed by atoms with Gasteiger partial charge >= 0.3 is 6.18 Å². The highest BCUT2D eigenvalue weighted by Crippen LogP contribution is 2.30. The van der Waals surface area contributed by atoms with Gasteiger partial charge in [0.05, 0.1) is 28.8 Å². The second kappa shape index (κ2) is 6.94. The van der Waals surface area contributed by atoms with Crippen LogP contribution in [0.3, 0.4) is 0 Å². The summed E-state index contributed by atoms with van der Waals surface area (Å²) >= 11 is 0. The number of nitrogens with zero attached hydrogens (tertiary/aromatic N) is 5. The molecule has 3 aromatic heterocycles. The first-order chi connectivity index (χ1) is 12.8. The summed E-state index contributed by atoms with van der Waals surface area (Å²) in [4.78, 5) is 7.90. The second-order valence-electron chi connectivity index (χ2n) is 5.51. The van der Waals surface area contributed by atoms with Crippen molar-refractivity contribution in [1.82, 2.24) is 19.7 Å². The van der Waals surface area contributed by atoms with Crippen molar-refractivity contribution < 1.29 is 18.4 Å². The number of halogens is 3. The molecule has 8 nitrogen and oxygen atoms in total. The van der Waals surface area contributed by atoms with Gasteiger partial charge in [0.25, 0.3) is 0 Å². The largest absolute Gasteiger partial charge is 0.417 e. The molecule has 0 aliphatic heterocycles. The number of rotatable bonds is 4. The molecular weight excluding hydrogens is 363 g/mol. The van der Waals surface area contributed by atoms with Crippen LogP contribution in [0, 0.1) is 0 Å². The third kappa shape index (κ3) is 3.97. The van der Waals surface area contributed by atoms with Gasteiger partial charge < -0.3 is 16.3 Å². The zero-order valence-corrected chi connectivity index (χ0v) is 13.9. The Morgan fingerprint density at radius 1 is 1.19 bits per heavy atom. The number of aromatic nitrogens is 4. The molecule has 0 spiro atoms. The Balaban J connectivity index is 1.80. The molecule has 0 amide bonds. The molecule has 4 N–H and O–H groups in total. The van der Waals surface area contributed by atoms with Crippen molar-refractivity contribution >= 4 is 17.3 Å². The van der Waals surface area contributed by atoms with Crippen molar-refractivity contribution in [1.29, 1.82) is 0 Å². The first kappa shape index (κ1) is 18.2. The molecule has 0 aliphatic rings. The van der Waals surface area contributed by atoms with Gasteiger partial charge in [0.15, 0.2) is 11.7 Å². The number of anilines is 2. The number of hydrogen-bond acceptors (Lipinski definition) is 6. The van der Waals surface area contributed by atoms with E-state index in [-0.39, 0.29) is 5.84 Å². The van der Waals surface area contributed by atoms with E-state index in [1.165, 1.54) is 16.9 Å². The highest BCUT2D eigenvalue weighted by molar-refractivity contribution is 5.95. The van der Waals surface area contributed by atoms with Gasteiger partial charge in [-0.1, -0.05) is 5.16 Å². The van der Waals surface area contributed by atoms with Gasteiger partial charge in [0, 0.05) is 19.3 Å². The summed E-state index contributed by atoms with van der Waals surface area (Å²) in [6.07, 6.45) is -2.18. The van der Waals surface area contributed by atoms with Crippen LogP contribution in [0.4, 0.5) is 24.7 Å². The standard InChI is InChI=1S/C16H14F3N7O/c1-26-13(11-4-2-9(7-21-11)16(17,18)19)6-14(24-26)23-10-3-5-12(22-8-10)15(20)25-27/h2-8,27H,1H3,(H2,20,25)(H,23,24). The third-order valence-corrected chi connectivity index (χ3v) is 3.64. The molecule has 0 aromatic carbocycles. The number of pyridine rings is 2. The van der Waals surface area contributed by atoms with Crippen molar-refractivity contribution in [2.75, 3.05) is 5.32 Å². The van der Waals surface area contributed by atoms with Crippen molar-refractivity contribution in [2.24, 2.45) is 17.9 Å². The number of nitrogens with two attached hydrogens (primary N) is 1. The minimum Gasteiger partial charge on any atom is -0.409 e. The van der Waals surface area contributed by atoms with Crippen molar-refractivity contribution in [3.63, 3.8) is 0 Å². The quantitative estimate of drug-likeness (QED) is 0.279. The van der Waals surface area contributed by atoms with E-state index in [1.807, 2.05) is 0 Å². The average molecular weight is 377 g/mol. The maximum atomic E-state index is 12.6. The van der Waals surface area contributed by atoms with Crippen molar-refractivity contribution in [3.05, 3.63) is 54.0 Å². The maximum Gasteiger partial charge on any atom is 0.417 e.